The first kappa shape index (κ1) is 57.9. The lowest BCUT2D eigenvalue weighted by atomic mass is 10.0. The molecule has 0 radical (unpaired) electrons. The van der Waals surface area contributed by atoms with Crippen molar-refractivity contribution in [3.8, 4) is 0 Å². The van der Waals surface area contributed by atoms with Gasteiger partial charge in [0.05, 0.1) is 6.42 Å². The summed E-state index contributed by atoms with van der Waals surface area (Å²) in [4.78, 5) is 110. The van der Waals surface area contributed by atoms with Crippen molar-refractivity contribution in [2.45, 2.75) is 107 Å². The highest BCUT2D eigenvalue weighted by atomic mass is 32.2. The molecule has 0 aliphatic carbocycles. The highest BCUT2D eigenvalue weighted by Crippen LogP contribution is 2.16. The lowest BCUT2D eigenvalue weighted by Gasteiger charge is -2.27. The molecule has 75 heavy (non-hydrogen) atoms. The van der Waals surface area contributed by atoms with Crippen molar-refractivity contribution in [3.63, 3.8) is 0 Å². The normalized spacial score (nSPS) is 13.2. The number of rotatable bonds is 29. The molecule has 0 heterocycles. The highest BCUT2D eigenvalue weighted by Gasteiger charge is 2.34. The Morgan fingerprint density at radius 1 is 0.480 bits per heavy atom. The third-order valence-corrected chi connectivity index (χ3v) is 13.0. The summed E-state index contributed by atoms with van der Waals surface area (Å²) in [6.07, 6.45) is -0.339. The van der Waals surface area contributed by atoms with E-state index in [1.807, 2.05) is 50.2 Å². The molecule has 0 saturated heterocycles. The fourth-order valence-corrected chi connectivity index (χ4v) is 8.81. The summed E-state index contributed by atoms with van der Waals surface area (Å²) < 4.78 is 5.46. The van der Waals surface area contributed by atoms with Crippen LogP contribution < -0.4 is 48.9 Å². The van der Waals surface area contributed by atoms with Gasteiger partial charge in [0.25, 0.3) is 5.91 Å². The molecule has 0 unspecified atom stereocenters. The van der Waals surface area contributed by atoms with Gasteiger partial charge in [0, 0.05) is 30.8 Å². The zero-order chi connectivity index (χ0) is 54.0. The van der Waals surface area contributed by atoms with Gasteiger partial charge in [-0.15, -0.1) is 0 Å². The summed E-state index contributed by atoms with van der Waals surface area (Å²) in [5.74, 6) is 0.399. The van der Waals surface area contributed by atoms with E-state index in [4.69, 9.17) is 16.3 Å². The number of alkyl carbamates (subject to hydrolysis) is 1. The fraction of sp³-hybridized carbons (Fsp3) is 0.321. The number of hydrazine groups is 1. The van der Waals surface area contributed by atoms with Crippen molar-refractivity contribution in [2.24, 2.45) is 11.6 Å². The van der Waals surface area contributed by atoms with Gasteiger partial charge in [-0.2, -0.15) is 11.8 Å². The number of aryl methyl sites for hydroxylation is 1. The Morgan fingerprint density at radius 3 is 1.36 bits per heavy atom. The number of benzene rings is 5. The minimum atomic E-state index is -1.62. The molecular weight excluding hydrogens is 975 g/mol. The number of nitrogens with one attached hydrogen (secondary N) is 7. The molecule has 5 rings (SSSR count). The lowest BCUT2D eigenvalue weighted by Crippen LogP contribution is -2.61. The quantitative estimate of drug-likeness (QED) is 0.0189. The number of carbonyl (C=O) groups excluding carboxylic acids is 8. The highest BCUT2D eigenvalue weighted by molar-refractivity contribution is 7.98. The average Bonchev–Trinajstić information content (AvgIpc) is 3.41. The van der Waals surface area contributed by atoms with E-state index in [9.17, 15) is 38.4 Å². The Hall–Kier alpha value is -8.03. The van der Waals surface area contributed by atoms with E-state index < -0.39 is 90.1 Å². The van der Waals surface area contributed by atoms with Crippen LogP contribution in [0.1, 0.15) is 66.0 Å². The number of primary amides is 1. The summed E-state index contributed by atoms with van der Waals surface area (Å²) in [7, 11) is 0. The van der Waals surface area contributed by atoms with Gasteiger partial charge in [0.2, 0.25) is 35.4 Å². The number of nitrogens with two attached hydrogens (primary N) is 2. The van der Waals surface area contributed by atoms with E-state index in [2.05, 4.69) is 37.3 Å². The van der Waals surface area contributed by atoms with E-state index >= 15 is 0 Å². The molecule has 0 aliphatic rings. The largest absolute Gasteiger partial charge is 0.445 e. The first-order valence-electron chi connectivity index (χ1n) is 24.7. The SMILES string of the molecule is CCCC[C@H](NC(=O)[C@H](CSCc1ccc(C)cc1)NC(=O)[C@@H](Cc1ccccc1)NC(=O)OCc1ccccc1)C(=O)N[C@@H](CC(N)=O)C(=O)N[C@@H](Cc1ccccc1)C(=O)N[C@@H](Cc1ccccc1)C(=O)NN. The first-order valence-corrected chi connectivity index (χ1v) is 25.9. The predicted octanol–water partition coefficient (Wildman–Crippen LogP) is 3.73. The van der Waals surface area contributed by atoms with Crippen LogP contribution in [0.5, 0.6) is 0 Å². The molecule has 6 atom stereocenters. The molecule has 5 aromatic rings. The van der Waals surface area contributed by atoms with Gasteiger partial charge >= 0.3 is 6.09 Å². The molecule has 18 nitrogen and oxygen atoms in total. The average molecular weight is 1040 g/mol. The van der Waals surface area contributed by atoms with E-state index in [1.165, 1.54) is 11.8 Å². The van der Waals surface area contributed by atoms with E-state index in [0.717, 1.165) is 27.8 Å². The second-order valence-corrected chi connectivity index (χ2v) is 19.0. The van der Waals surface area contributed by atoms with Crippen LogP contribution in [-0.2, 0) is 69.9 Å². The molecule has 0 saturated carbocycles. The van der Waals surface area contributed by atoms with Crippen LogP contribution >= 0.6 is 11.8 Å². The second-order valence-electron chi connectivity index (χ2n) is 18.0. The Labute approximate surface area is 441 Å². The van der Waals surface area contributed by atoms with Crippen molar-refractivity contribution in [2.75, 3.05) is 5.75 Å². The number of unbranched alkanes of at least 4 members (excludes halogenated alkanes) is 1. The van der Waals surface area contributed by atoms with E-state index in [0.29, 0.717) is 24.2 Å². The molecule has 0 bridgehead atoms. The van der Waals surface area contributed by atoms with Crippen molar-refractivity contribution < 1.29 is 43.1 Å². The first-order chi connectivity index (χ1) is 36.2. The van der Waals surface area contributed by atoms with Crippen LogP contribution in [0.3, 0.4) is 0 Å². The smallest absolute Gasteiger partial charge is 0.408 e. The number of thioether (sulfide) groups is 1. The summed E-state index contributed by atoms with van der Waals surface area (Å²) in [6.45, 7) is 3.80. The van der Waals surface area contributed by atoms with Crippen LogP contribution in [0.2, 0.25) is 0 Å². The summed E-state index contributed by atoms with van der Waals surface area (Å²) >= 11 is 1.36. The summed E-state index contributed by atoms with van der Waals surface area (Å²) in [6, 6.07) is 35.7. The third kappa shape index (κ3) is 20.4. The molecule has 8 amide bonds. The standard InChI is InChI=1S/C56H67N9O9S/c1-3-4-25-43(50(67)62-47(33-49(57)66)53(70)60-44(30-38-17-9-5-10-18-38)51(68)61-46(55(72)65-58)32-40-21-13-7-14-22-40)59-54(71)48(36-75-35-42-28-26-37(2)27-29-42)63-52(69)45(31-39-19-11-6-12-20-39)64-56(73)74-34-41-23-15-8-16-24-41/h5-24,26-29,43-48H,3-4,25,30-36,58H2,1-2H3,(H2,57,66)(H,59,71)(H,60,70)(H,61,68)(H,62,67)(H,63,69)(H,64,73)(H,65,72)/t43-,44-,45+,46-,47-,48-/m0/s1. The molecule has 0 spiro atoms. The number of hydrogen-bond donors (Lipinski definition) is 9. The Kier molecular flexibility index (Phi) is 23.8. The molecule has 19 heteroatoms. The van der Waals surface area contributed by atoms with Crippen molar-refractivity contribution in [1.82, 2.24) is 37.3 Å². The van der Waals surface area contributed by atoms with Gasteiger partial charge in [-0.25, -0.2) is 10.6 Å². The number of carbonyl (C=O) groups is 8. The maximum atomic E-state index is 14.5. The van der Waals surface area contributed by atoms with Crippen molar-refractivity contribution in [3.05, 3.63) is 179 Å². The van der Waals surface area contributed by atoms with E-state index in [-0.39, 0.29) is 38.0 Å². The van der Waals surface area contributed by atoms with Crippen LogP contribution in [0.25, 0.3) is 0 Å². The maximum Gasteiger partial charge on any atom is 0.408 e. The number of amides is 8. The minimum absolute atomic E-state index is 0.0425. The van der Waals surface area contributed by atoms with Gasteiger partial charge in [0.1, 0.15) is 42.9 Å². The van der Waals surface area contributed by atoms with Gasteiger partial charge in [-0.3, -0.25) is 39.0 Å². The summed E-state index contributed by atoms with van der Waals surface area (Å²) in [5.41, 5.74) is 12.6. The van der Waals surface area contributed by atoms with Gasteiger partial charge in [-0.1, -0.05) is 171 Å². The second kappa shape index (κ2) is 30.9. The zero-order valence-electron chi connectivity index (χ0n) is 42.1. The summed E-state index contributed by atoms with van der Waals surface area (Å²) in [5, 5.41) is 16.2. The predicted molar refractivity (Wildman–Crippen MR) is 287 cm³/mol. The molecule has 0 aromatic heterocycles. The zero-order valence-corrected chi connectivity index (χ0v) is 42.9. The van der Waals surface area contributed by atoms with Gasteiger partial charge in [0.15, 0.2) is 0 Å². The van der Waals surface area contributed by atoms with Crippen LogP contribution in [0.4, 0.5) is 4.79 Å². The minimum Gasteiger partial charge on any atom is -0.445 e. The molecule has 0 aliphatic heterocycles. The molecule has 5 aromatic carbocycles. The number of hydrogen-bond acceptors (Lipinski definition) is 11. The third-order valence-electron chi connectivity index (χ3n) is 11.9. The lowest BCUT2D eigenvalue weighted by molar-refractivity contribution is -0.136. The fourth-order valence-electron chi connectivity index (χ4n) is 7.80. The van der Waals surface area contributed by atoms with Crippen LogP contribution in [-0.4, -0.2) is 89.4 Å². The molecule has 396 valence electrons. The molecular formula is C56H67N9O9S. The number of ether oxygens (including phenoxy) is 1. The Morgan fingerprint density at radius 2 is 0.880 bits per heavy atom. The monoisotopic (exact) mass is 1040 g/mol. The van der Waals surface area contributed by atoms with E-state index in [1.54, 1.807) is 109 Å². The topological polar surface area (TPSA) is 282 Å². The van der Waals surface area contributed by atoms with Crippen LogP contribution in [0.15, 0.2) is 146 Å². The van der Waals surface area contributed by atoms with Gasteiger partial charge in [-0.05, 0) is 41.2 Å². The van der Waals surface area contributed by atoms with Crippen molar-refractivity contribution in [1.29, 1.82) is 0 Å². The Bertz CT molecular complexity index is 2630. The molecule has 0 fully saturated rings. The molecule has 11 N–H and O–H groups in total. The van der Waals surface area contributed by atoms with Crippen molar-refractivity contribution >= 4 is 59.2 Å². The van der Waals surface area contributed by atoms with Gasteiger partial charge < -0.3 is 42.4 Å². The maximum absolute atomic E-state index is 14.5. The van der Waals surface area contributed by atoms with Crippen LogP contribution in [0, 0.1) is 6.92 Å². The Balaban J connectivity index is 1.36.